The molecular formula is C12H17BrN2O2. The van der Waals surface area contributed by atoms with Gasteiger partial charge in [-0.25, -0.2) is 0 Å². The number of anilines is 1. The van der Waals surface area contributed by atoms with E-state index >= 15 is 0 Å². The van der Waals surface area contributed by atoms with Crippen molar-refractivity contribution in [3.05, 3.63) is 22.7 Å². The van der Waals surface area contributed by atoms with Crippen LogP contribution in [0.1, 0.15) is 13.8 Å². The van der Waals surface area contributed by atoms with Crippen molar-refractivity contribution in [2.45, 2.75) is 19.9 Å². The summed E-state index contributed by atoms with van der Waals surface area (Å²) < 4.78 is 6.27. The van der Waals surface area contributed by atoms with Gasteiger partial charge >= 0.3 is 0 Å². The van der Waals surface area contributed by atoms with E-state index < -0.39 is 0 Å². The minimum atomic E-state index is -0.0673. The number of carbonyl (C=O) groups is 1. The Morgan fingerprint density at radius 3 is 2.71 bits per heavy atom. The molecule has 0 unspecified atom stereocenters. The first-order chi connectivity index (χ1) is 7.91. The highest BCUT2D eigenvalue weighted by Crippen LogP contribution is 2.25. The zero-order valence-electron chi connectivity index (χ0n) is 10.2. The molecule has 0 bridgehead atoms. The molecule has 1 aromatic carbocycles. The van der Waals surface area contributed by atoms with Gasteiger partial charge in [-0.1, -0.05) is 15.9 Å². The molecule has 0 fully saturated rings. The normalized spacial score (nSPS) is 10.4. The minimum absolute atomic E-state index is 0.000508. The summed E-state index contributed by atoms with van der Waals surface area (Å²) in [7, 11) is 1.75. The topological polar surface area (TPSA) is 55.6 Å². The van der Waals surface area contributed by atoms with E-state index in [2.05, 4.69) is 15.9 Å². The van der Waals surface area contributed by atoms with Crippen molar-refractivity contribution < 1.29 is 9.53 Å². The van der Waals surface area contributed by atoms with Gasteiger partial charge in [0.2, 0.25) is 0 Å². The van der Waals surface area contributed by atoms with Crippen LogP contribution in [0.25, 0.3) is 0 Å². The van der Waals surface area contributed by atoms with Crippen LogP contribution in [0.15, 0.2) is 22.7 Å². The molecule has 5 heteroatoms. The molecule has 0 aliphatic rings. The van der Waals surface area contributed by atoms with Crippen LogP contribution >= 0.6 is 15.9 Å². The van der Waals surface area contributed by atoms with Crippen molar-refractivity contribution in [3.63, 3.8) is 0 Å². The van der Waals surface area contributed by atoms with Crippen LogP contribution < -0.4 is 10.5 Å². The fourth-order valence-electron chi connectivity index (χ4n) is 1.18. The van der Waals surface area contributed by atoms with Gasteiger partial charge in [-0.3, -0.25) is 4.79 Å². The molecule has 0 aromatic heterocycles. The number of benzene rings is 1. The number of amides is 1. The Labute approximate surface area is 110 Å². The molecule has 1 amide bonds. The fourth-order valence-corrected chi connectivity index (χ4v) is 1.56. The van der Waals surface area contributed by atoms with Crippen LogP contribution in [0, 0.1) is 0 Å². The molecule has 1 rings (SSSR count). The fraction of sp³-hybridized carbons (Fsp3) is 0.417. The molecule has 0 saturated heterocycles. The highest BCUT2D eigenvalue weighted by atomic mass is 79.9. The van der Waals surface area contributed by atoms with Gasteiger partial charge in [0.25, 0.3) is 5.91 Å². The second kappa shape index (κ2) is 5.91. The summed E-state index contributed by atoms with van der Waals surface area (Å²) in [6, 6.07) is 5.46. The number of nitrogens with zero attached hydrogens (tertiary/aromatic N) is 1. The number of carbonyl (C=O) groups excluding carboxylic acids is 1. The average molecular weight is 301 g/mol. The standard InChI is InChI=1S/C12H17BrN2O2/c1-8(2)15(3)12(16)7-17-11-5-4-9(13)6-10(11)14/h4-6,8H,7,14H2,1-3H3. The number of halogens is 1. The van der Waals surface area contributed by atoms with Crippen LogP contribution in [-0.2, 0) is 4.79 Å². The molecule has 0 aliphatic carbocycles. The zero-order valence-corrected chi connectivity index (χ0v) is 11.8. The quantitative estimate of drug-likeness (QED) is 0.868. The first-order valence-electron chi connectivity index (χ1n) is 5.35. The van der Waals surface area contributed by atoms with E-state index in [0.29, 0.717) is 11.4 Å². The molecule has 0 radical (unpaired) electrons. The molecule has 0 spiro atoms. The maximum Gasteiger partial charge on any atom is 0.260 e. The van der Waals surface area contributed by atoms with Crippen LogP contribution in [0.4, 0.5) is 5.69 Å². The summed E-state index contributed by atoms with van der Waals surface area (Å²) in [6.07, 6.45) is 0. The van der Waals surface area contributed by atoms with Crippen molar-refractivity contribution in [1.29, 1.82) is 0 Å². The summed E-state index contributed by atoms with van der Waals surface area (Å²) in [5.41, 5.74) is 6.28. The second-order valence-corrected chi connectivity index (χ2v) is 4.98. The third-order valence-electron chi connectivity index (χ3n) is 2.49. The molecule has 0 aliphatic heterocycles. The van der Waals surface area contributed by atoms with E-state index in [4.69, 9.17) is 10.5 Å². The smallest absolute Gasteiger partial charge is 0.260 e. The number of likely N-dealkylation sites (N-methyl/N-ethyl adjacent to an activating group) is 1. The Morgan fingerprint density at radius 1 is 1.53 bits per heavy atom. The highest BCUT2D eigenvalue weighted by Gasteiger charge is 2.13. The zero-order chi connectivity index (χ0) is 13.0. The van der Waals surface area contributed by atoms with E-state index in [1.54, 1.807) is 24.1 Å². The highest BCUT2D eigenvalue weighted by molar-refractivity contribution is 9.10. The number of rotatable bonds is 4. The van der Waals surface area contributed by atoms with Crippen molar-refractivity contribution >= 4 is 27.5 Å². The van der Waals surface area contributed by atoms with Gasteiger partial charge < -0.3 is 15.4 Å². The molecule has 1 aromatic rings. The van der Waals surface area contributed by atoms with Gasteiger partial charge in [0, 0.05) is 17.6 Å². The Morgan fingerprint density at radius 2 is 2.18 bits per heavy atom. The van der Waals surface area contributed by atoms with Crippen LogP contribution in [0.5, 0.6) is 5.75 Å². The molecule has 0 heterocycles. The molecule has 2 N–H and O–H groups in total. The second-order valence-electron chi connectivity index (χ2n) is 4.07. The first kappa shape index (κ1) is 13.8. The summed E-state index contributed by atoms with van der Waals surface area (Å²) in [5.74, 6) is 0.459. The van der Waals surface area contributed by atoms with Gasteiger partial charge in [0.15, 0.2) is 6.61 Å². The van der Waals surface area contributed by atoms with Gasteiger partial charge in [0.05, 0.1) is 5.69 Å². The van der Waals surface area contributed by atoms with Crippen molar-refractivity contribution in [2.24, 2.45) is 0 Å². The summed E-state index contributed by atoms with van der Waals surface area (Å²) in [5, 5.41) is 0. The molecule has 0 atom stereocenters. The lowest BCUT2D eigenvalue weighted by atomic mass is 10.3. The van der Waals surface area contributed by atoms with E-state index in [1.807, 2.05) is 19.9 Å². The molecule has 0 saturated carbocycles. The lowest BCUT2D eigenvalue weighted by Gasteiger charge is -2.21. The number of nitrogen functional groups attached to an aromatic ring is 1. The van der Waals surface area contributed by atoms with E-state index in [9.17, 15) is 4.79 Å². The van der Waals surface area contributed by atoms with Gasteiger partial charge in [0.1, 0.15) is 5.75 Å². The maximum atomic E-state index is 11.7. The lowest BCUT2D eigenvalue weighted by Crippen LogP contribution is -2.36. The Bertz CT molecular complexity index is 407. The van der Waals surface area contributed by atoms with Gasteiger partial charge in [-0.15, -0.1) is 0 Å². The van der Waals surface area contributed by atoms with Crippen molar-refractivity contribution in [1.82, 2.24) is 4.90 Å². The number of hydrogen-bond acceptors (Lipinski definition) is 3. The van der Waals surface area contributed by atoms with Crippen molar-refractivity contribution in [3.8, 4) is 5.75 Å². The monoisotopic (exact) mass is 300 g/mol. The molecule has 94 valence electrons. The Kier molecular flexibility index (Phi) is 4.81. The predicted molar refractivity (Wildman–Crippen MR) is 72.0 cm³/mol. The van der Waals surface area contributed by atoms with E-state index in [-0.39, 0.29) is 18.6 Å². The summed E-state index contributed by atoms with van der Waals surface area (Å²) in [4.78, 5) is 13.3. The average Bonchev–Trinajstić information content (AvgIpc) is 2.26. The van der Waals surface area contributed by atoms with Gasteiger partial charge in [-0.05, 0) is 32.0 Å². The van der Waals surface area contributed by atoms with Gasteiger partial charge in [-0.2, -0.15) is 0 Å². The van der Waals surface area contributed by atoms with E-state index in [1.165, 1.54) is 0 Å². The third-order valence-corrected chi connectivity index (χ3v) is 2.98. The Balaban J connectivity index is 2.59. The lowest BCUT2D eigenvalue weighted by molar-refractivity contribution is -0.133. The van der Waals surface area contributed by atoms with Crippen LogP contribution in [-0.4, -0.2) is 30.5 Å². The van der Waals surface area contributed by atoms with Crippen LogP contribution in [0.2, 0.25) is 0 Å². The maximum absolute atomic E-state index is 11.7. The molecule has 4 nitrogen and oxygen atoms in total. The summed E-state index contributed by atoms with van der Waals surface area (Å²) in [6.45, 7) is 3.90. The number of hydrogen-bond donors (Lipinski definition) is 1. The van der Waals surface area contributed by atoms with Crippen LogP contribution in [0.3, 0.4) is 0 Å². The predicted octanol–water partition coefficient (Wildman–Crippen LogP) is 2.28. The molecule has 17 heavy (non-hydrogen) atoms. The summed E-state index contributed by atoms with van der Waals surface area (Å²) >= 11 is 3.31. The van der Waals surface area contributed by atoms with E-state index in [0.717, 1.165) is 4.47 Å². The first-order valence-corrected chi connectivity index (χ1v) is 6.14. The third kappa shape index (κ3) is 3.93. The largest absolute Gasteiger partial charge is 0.482 e. The number of nitrogens with two attached hydrogens (primary N) is 1. The molecular weight excluding hydrogens is 284 g/mol. The number of ether oxygens (including phenoxy) is 1. The SMILES string of the molecule is CC(C)N(C)C(=O)COc1ccc(Br)cc1N. The Hall–Kier alpha value is -1.23. The minimum Gasteiger partial charge on any atom is -0.482 e. The van der Waals surface area contributed by atoms with Crippen molar-refractivity contribution in [2.75, 3.05) is 19.4 Å².